The number of aromatic nitrogens is 3. The molecule has 1 unspecified atom stereocenters. The van der Waals surface area contributed by atoms with Crippen molar-refractivity contribution in [3.63, 3.8) is 0 Å². The highest BCUT2D eigenvalue weighted by atomic mass is 16.3. The van der Waals surface area contributed by atoms with E-state index in [1.165, 1.54) is 5.57 Å². The average molecular weight is 572 g/mol. The zero-order valence-electron chi connectivity index (χ0n) is 26.7. The Morgan fingerprint density at radius 2 is 1.26 bits per heavy atom. The predicted octanol–water partition coefficient (Wildman–Crippen LogP) is 10.3. The van der Waals surface area contributed by atoms with E-state index in [-0.39, 0.29) is 0 Å². The molecule has 222 valence electrons. The van der Waals surface area contributed by atoms with Gasteiger partial charge in [0.15, 0.2) is 17.5 Å². The molecule has 4 nitrogen and oxygen atoms in total. The molecule has 3 aromatic carbocycles. The summed E-state index contributed by atoms with van der Waals surface area (Å²) in [6.45, 7) is 14.2. The summed E-state index contributed by atoms with van der Waals surface area (Å²) in [6.07, 6.45) is 9.53. The van der Waals surface area contributed by atoms with Crippen LogP contribution in [0, 0.1) is 0 Å². The quantitative estimate of drug-likeness (QED) is 0.240. The van der Waals surface area contributed by atoms with Gasteiger partial charge in [-0.05, 0) is 55.0 Å². The van der Waals surface area contributed by atoms with E-state index >= 15 is 0 Å². The van der Waals surface area contributed by atoms with Gasteiger partial charge in [0.05, 0.1) is 6.10 Å². The molecule has 0 aliphatic heterocycles. The van der Waals surface area contributed by atoms with Crippen LogP contribution in [0.3, 0.4) is 0 Å². The molecule has 0 bridgehead atoms. The van der Waals surface area contributed by atoms with Crippen LogP contribution < -0.4 is 0 Å². The molecule has 4 heteroatoms. The molecule has 0 saturated heterocycles. The van der Waals surface area contributed by atoms with Crippen LogP contribution in [0.4, 0.5) is 0 Å². The second kappa shape index (κ2) is 16.9. The van der Waals surface area contributed by atoms with Gasteiger partial charge in [-0.1, -0.05) is 143 Å². The van der Waals surface area contributed by atoms with Crippen molar-refractivity contribution in [2.45, 2.75) is 67.4 Å². The number of hydrogen-bond acceptors (Lipinski definition) is 4. The minimum Gasteiger partial charge on any atom is -0.389 e. The second-order valence-electron chi connectivity index (χ2n) is 9.71. The van der Waals surface area contributed by atoms with Gasteiger partial charge in [0.2, 0.25) is 0 Å². The largest absolute Gasteiger partial charge is 0.389 e. The van der Waals surface area contributed by atoms with Crippen molar-refractivity contribution < 1.29 is 5.11 Å². The molecule has 0 saturated carbocycles. The molecule has 0 fully saturated rings. The highest BCUT2D eigenvalue weighted by Crippen LogP contribution is 2.37. The van der Waals surface area contributed by atoms with Gasteiger partial charge in [-0.2, -0.15) is 0 Å². The lowest BCUT2D eigenvalue weighted by atomic mass is 9.85. The van der Waals surface area contributed by atoms with Crippen molar-refractivity contribution in [3.05, 3.63) is 132 Å². The van der Waals surface area contributed by atoms with Crippen LogP contribution in [0.5, 0.6) is 0 Å². The highest BCUT2D eigenvalue weighted by Gasteiger charge is 2.20. The van der Waals surface area contributed by atoms with Gasteiger partial charge in [0.1, 0.15) is 0 Å². The van der Waals surface area contributed by atoms with Gasteiger partial charge in [-0.15, -0.1) is 0 Å². The molecule has 43 heavy (non-hydrogen) atoms. The van der Waals surface area contributed by atoms with Crippen molar-refractivity contribution in [1.29, 1.82) is 0 Å². The topological polar surface area (TPSA) is 58.9 Å². The first kappa shape index (κ1) is 33.1. The first-order valence-electron chi connectivity index (χ1n) is 15.5. The number of allylic oxidation sites excluding steroid dienone is 6. The Morgan fingerprint density at radius 3 is 1.77 bits per heavy atom. The van der Waals surface area contributed by atoms with Crippen LogP contribution in [0.2, 0.25) is 0 Å². The van der Waals surface area contributed by atoms with Gasteiger partial charge in [-0.3, -0.25) is 0 Å². The predicted molar refractivity (Wildman–Crippen MR) is 183 cm³/mol. The molecular formula is C39H45N3O. The molecule has 0 amide bonds. The summed E-state index contributed by atoms with van der Waals surface area (Å²) >= 11 is 0. The Balaban J connectivity index is 0.00000121. The van der Waals surface area contributed by atoms with Crippen LogP contribution in [0.1, 0.15) is 66.9 Å². The van der Waals surface area contributed by atoms with E-state index in [0.717, 1.165) is 51.8 Å². The maximum atomic E-state index is 10.6. The van der Waals surface area contributed by atoms with E-state index in [0.29, 0.717) is 17.5 Å². The monoisotopic (exact) mass is 571 g/mol. The normalized spacial score (nSPS) is 13.6. The SMILES string of the molecule is CC.CC.CC/C(C)=C(\C1=CCC=CC=C1C(C)O)c1cccc(-c2nc(-c3ccccc3)nc(-c3ccccc3)n2)c1. The maximum Gasteiger partial charge on any atom is 0.164 e. The molecular weight excluding hydrogens is 526 g/mol. The molecule has 1 N–H and O–H groups in total. The molecule has 1 aliphatic carbocycles. The van der Waals surface area contributed by atoms with Crippen molar-refractivity contribution in [2.24, 2.45) is 0 Å². The van der Waals surface area contributed by atoms with Crippen molar-refractivity contribution in [1.82, 2.24) is 15.0 Å². The third-order valence-electron chi connectivity index (χ3n) is 6.97. The molecule has 4 aromatic rings. The Hall–Kier alpha value is -4.41. The number of hydrogen-bond donors (Lipinski definition) is 1. The molecule has 0 radical (unpaired) electrons. The number of aliphatic hydroxyl groups is 1. The lowest BCUT2D eigenvalue weighted by Gasteiger charge is -2.21. The molecule has 5 rings (SSSR count). The molecule has 1 aromatic heterocycles. The maximum absolute atomic E-state index is 10.6. The Kier molecular flexibility index (Phi) is 13.0. The van der Waals surface area contributed by atoms with Crippen LogP contribution in [-0.4, -0.2) is 26.2 Å². The minimum atomic E-state index is -0.577. The van der Waals surface area contributed by atoms with E-state index in [9.17, 15) is 5.11 Å². The first-order valence-corrected chi connectivity index (χ1v) is 15.5. The van der Waals surface area contributed by atoms with Crippen LogP contribution in [-0.2, 0) is 0 Å². The number of nitrogens with zero attached hydrogens (tertiary/aromatic N) is 3. The summed E-state index contributed by atoms with van der Waals surface area (Å²) in [5.74, 6) is 1.91. The average Bonchev–Trinajstić information content (AvgIpc) is 3.34. The summed E-state index contributed by atoms with van der Waals surface area (Å²) in [5, 5.41) is 10.6. The van der Waals surface area contributed by atoms with E-state index in [2.05, 4.69) is 50.3 Å². The summed E-state index contributed by atoms with van der Waals surface area (Å²) in [5.41, 5.74) is 8.30. The van der Waals surface area contributed by atoms with Crippen molar-refractivity contribution in [2.75, 3.05) is 0 Å². The Labute approximate surface area is 258 Å². The van der Waals surface area contributed by atoms with E-state index in [1.807, 2.05) is 107 Å². The zero-order chi connectivity index (χ0) is 31.2. The highest BCUT2D eigenvalue weighted by molar-refractivity contribution is 5.87. The fraction of sp³-hybridized carbons (Fsp3) is 0.256. The Bertz CT molecular complexity index is 1520. The van der Waals surface area contributed by atoms with Gasteiger partial charge in [0, 0.05) is 16.7 Å². The van der Waals surface area contributed by atoms with Gasteiger partial charge >= 0.3 is 0 Å². The fourth-order valence-electron chi connectivity index (χ4n) is 4.81. The molecule has 1 aliphatic rings. The number of aliphatic hydroxyl groups excluding tert-OH is 1. The zero-order valence-corrected chi connectivity index (χ0v) is 26.7. The first-order chi connectivity index (χ1) is 21.0. The number of benzene rings is 3. The Morgan fingerprint density at radius 1 is 0.744 bits per heavy atom. The summed E-state index contributed by atoms with van der Waals surface area (Å²) in [7, 11) is 0. The number of rotatable bonds is 7. The summed E-state index contributed by atoms with van der Waals surface area (Å²) in [6, 6.07) is 28.4. The molecule has 0 spiro atoms. The van der Waals surface area contributed by atoms with E-state index in [1.54, 1.807) is 0 Å². The molecule has 1 atom stereocenters. The third kappa shape index (κ3) is 8.33. The van der Waals surface area contributed by atoms with Gasteiger partial charge in [0.25, 0.3) is 0 Å². The second-order valence-corrected chi connectivity index (χ2v) is 9.71. The lowest BCUT2D eigenvalue weighted by Crippen LogP contribution is -2.09. The summed E-state index contributed by atoms with van der Waals surface area (Å²) in [4.78, 5) is 14.7. The van der Waals surface area contributed by atoms with Crippen LogP contribution in [0.25, 0.3) is 39.7 Å². The lowest BCUT2D eigenvalue weighted by molar-refractivity contribution is 0.234. The smallest absolute Gasteiger partial charge is 0.164 e. The van der Waals surface area contributed by atoms with E-state index in [4.69, 9.17) is 15.0 Å². The van der Waals surface area contributed by atoms with Crippen LogP contribution in [0.15, 0.2) is 126 Å². The standard InChI is InChI=1S/C35H33N3O.2C2H6/c1-4-24(2)32(31-22-13-7-12-21-30(31)25(3)39)28-19-14-20-29(23-28)35-37-33(26-15-8-5-9-16-26)36-34(38-35)27-17-10-6-11-18-27;2*1-2/h5-12,14-23,25,39H,4,13H2,1-3H3;2*1-2H3/b32-24-;;. The summed E-state index contributed by atoms with van der Waals surface area (Å²) < 4.78 is 0. The van der Waals surface area contributed by atoms with Gasteiger partial charge in [-0.25, -0.2) is 15.0 Å². The van der Waals surface area contributed by atoms with Gasteiger partial charge < -0.3 is 5.11 Å². The third-order valence-corrected chi connectivity index (χ3v) is 6.97. The van der Waals surface area contributed by atoms with Crippen LogP contribution >= 0.6 is 0 Å². The molecule has 1 heterocycles. The fourth-order valence-corrected chi connectivity index (χ4v) is 4.81. The van der Waals surface area contributed by atoms with Crippen molar-refractivity contribution in [3.8, 4) is 34.2 Å². The minimum absolute atomic E-state index is 0.577. The van der Waals surface area contributed by atoms with E-state index < -0.39 is 6.10 Å². The van der Waals surface area contributed by atoms with Crippen molar-refractivity contribution >= 4 is 5.57 Å².